The zero-order chi connectivity index (χ0) is 11.5. The van der Waals surface area contributed by atoms with E-state index in [1.807, 2.05) is 31.2 Å². The van der Waals surface area contributed by atoms with Gasteiger partial charge >= 0.3 is 0 Å². The first-order valence-electron chi connectivity index (χ1n) is 4.85. The van der Waals surface area contributed by atoms with Gasteiger partial charge in [-0.05, 0) is 48.9 Å². The summed E-state index contributed by atoms with van der Waals surface area (Å²) in [6, 6.07) is 12.8. The zero-order valence-electron chi connectivity index (χ0n) is 8.71. The summed E-state index contributed by atoms with van der Waals surface area (Å²) in [5.74, 6) is 1.50. The van der Waals surface area contributed by atoms with E-state index in [0.29, 0.717) is 10.0 Å². The van der Waals surface area contributed by atoms with Crippen LogP contribution in [-0.4, -0.2) is 0 Å². The quantitative estimate of drug-likeness (QED) is 0.723. The monoisotopic (exact) mass is 252 g/mol. The van der Waals surface area contributed by atoms with Gasteiger partial charge in [-0.3, -0.25) is 0 Å². The van der Waals surface area contributed by atoms with E-state index in [9.17, 15) is 0 Å². The highest BCUT2D eigenvalue weighted by atomic mass is 35.5. The van der Waals surface area contributed by atoms with Gasteiger partial charge < -0.3 is 4.74 Å². The summed E-state index contributed by atoms with van der Waals surface area (Å²) in [5, 5.41) is 1.35. The Morgan fingerprint density at radius 1 is 0.875 bits per heavy atom. The summed E-state index contributed by atoms with van der Waals surface area (Å²) in [6.07, 6.45) is 0. The molecule has 0 atom stereocenters. The van der Waals surface area contributed by atoms with E-state index in [0.717, 1.165) is 17.1 Å². The van der Waals surface area contributed by atoms with Crippen LogP contribution < -0.4 is 4.74 Å². The first-order valence-corrected chi connectivity index (χ1v) is 5.60. The van der Waals surface area contributed by atoms with Crippen molar-refractivity contribution in [3.05, 3.63) is 58.1 Å². The van der Waals surface area contributed by atoms with Gasteiger partial charge in [-0.1, -0.05) is 29.3 Å². The molecule has 16 heavy (non-hydrogen) atoms. The third-order valence-electron chi connectivity index (χ3n) is 2.19. The van der Waals surface area contributed by atoms with Crippen molar-refractivity contribution in [1.82, 2.24) is 0 Å². The molecule has 0 spiro atoms. The normalized spacial score (nSPS) is 10.2. The second-order valence-corrected chi connectivity index (χ2v) is 4.34. The molecule has 2 aromatic rings. The van der Waals surface area contributed by atoms with Crippen LogP contribution in [0.25, 0.3) is 0 Å². The Labute approximate surface area is 105 Å². The highest BCUT2D eigenvalue weighted by Gasteiger charge is 2.02. The number of ether oxygens (including phenoxy) is 1. The van der Waals surface area contributed by atoms with E-state index in [1.165, 1.54) is 0 Å². The van der Waals surface area contributed by atoms with Crippen molar-refractivity contribution in [3.8, 4) is 11.5 Å². The molecule has 3 heteroatoms. The maximum Gasteiger partial charge on any atom is 0.131 e. The second kappa shape index (κ2) is 4.77. The first-order chi connectivity index (χ1) is 7.65. The fourth-order valence-corrected chi connectivity index (χ4v) is 1.60. The Balaban J connectivity index is 2.26. The summed E-state index contributed by atoms with van der Waals surface area (Å²) in [6.45, 7) is 1.97. The summed E-state index contributed by atoms with van der Waals surface area (Å²) < 4.78 is 5.70. The molecular weight excluding hydrogens is 243 g/mol. The average Bonchev–Trinajstić information content (AvgIpc) is 2.27. The zero-order valence-corrected chi connectivity index (χ0v) is 10.2. The van der Waals surface area contributed by atoms with E-state index < -0.39 is 0 Å². The number of hydrogen-bond donors (Lipinski definition) is 0. The third kappa shape index (κ3) is 2.69. The molecule has 0 unspecified atom stereocenters. The summed E-state index contributed by atoms with van der Waals surface area (Å²) >= 11 is 11.7. The lowest BCUT2D eigenvalue weighted by Gasteiger charge is -2.08. The molecule has 0 radical (unpaired) electrons. The predicted octanol–water partition coefficient (Wildman–Crippen LogP) is 5.09. The fourth-order valence-electron chi connectivity index (χ4n) is 1.31. The van der Waals surface area contributed by atoms with Crippen molar-refractivity contribution in [1.29, 1.82) is 0 Å². The highest BCUT2D eigenvalue weighted by molar-refractivity contribution is 6.31. The second-order valence-electron chi connectivity index (χ2n) is 3.47. The molecular formula is C13H10Cl2O. The molecule has 0 aromatic heterocycles. The van der Waals surface area contributed by atoms with Gasteiger partial charge in [0.2, 0.25) is 0 Å². The summed E-state index contributed by atoms with van der Waals surface area (Å²) in [4.78, 5) is 0. The van der Waals surface area contributed by atoms with E-state index in [4.69, 9.17) is 27.9 Å². The highest BCUT2D eigenvalue weighted by Crippen LogP contribution is 2.28. The van der Waals surface area contributed by atoms with Crippen LogP contribution in [0.1, 0.15) is 5.56 Å². The molecule has 0 aliphatic carbocycles. The minimum atomic E-state index is 0.662. The Bertz CT molecular complexity index is 492. The van der Waals surface area contributed by atoms with E-state index in [1.54, 1.807) is 18.2 Å². The molecule has 0 aliphatic rings. The maximum absolute atomic E-state index is 5.91. The maximum atomic E-state index is 5.91. The largest absolute Gasteiger partial charge is 0.457 e. The van der Waals surface area contributed by atoms with Crippen LogP contribution in [0.2, 0.25) is 10.0 Å². The molecule has 0 saturated heterocycles. The molecule has 2 aromatic carbocycles. The van der Waals surface area contributed by atoms with Gasteiger partial charge in [0.05, 0.1) is 0 Å². The predicted molar refractivity (Wildman–Crippen MR) is 67.7 cm³/mol. The van der Waals surface area contributed by atoms with Gasteiger partial charge in [0.25, 0.3) is 0 Å². The molecule has 0 aliphatic heterocycles. The van der Waals surface area contributed by atoms with Crippen LogP contribution >= 0.6 is 23.2 Å². The lowest BCUT2D eigenvalue weighted by molar-refractivity contribution is 0.479. The Hall–Kier alpha value is -1.18. The minimum absolute atomic E-state index is 0.662. The van der Waals surface area contributed by atoms with Crippen LogP contribution in [0.15, 0.2) is 42.5 Å². The van der Waals surface area contributed by atoms with Crippen LogP contribution in [0, 0.1) is 6.92 Å². The number of hydrogen-bond acceptors (Lipinski definition) is 1. The van der Waals surface area contributed by atoms with Crippen LogP contribution in [0.3, 0.4) is 0 Å². The molecule has 2 rings (SSSR count). The molecule has 82 valence electrons. The number of halogens is 2. The van der Waals surface area contributed by atoms with Crippen LogP contribution in [-0.2, 0) is 0 Å². The Morgan fingerprint density at radius 2 is 1.50 bits per heavy atom. The van der Waals surface area contributed by atoms with Crippen molar-refractivity contribution in [2.45, 2.75) is 6.92 Å². The van der Waals surface area contributed by atoms with E-state index >= 15 is 0 Å². The molecule has 0 amide bonds. The smallest absolute Gasteiger partial charge is 0.131 e. The summed E-state index contributed by atoms with van der Waals surface area (Å²) in [5.41, 5.74) is 1.04. The molecule has 1 nitrogen and oxygen atoms in total. The van der Waals surface area contributed by atoms with Gasteiger partial charge in [0.15, 0.2) is 0 Å². The van der Waals surface area contributed by atoms with Crippen molar-refractivity contribution < 1.29 is 4.74 Å². The van der Waals surface area contributed by atoms with Crippen molar-refractivity contribution in [3.63, 3.8) is 0 Å². The topological polar surface area (TPSA) is 9.23 Å². The van der Waals surface area contributed by atoms with Crippen molar-refractivity contribution in [2.24, 2.45) is 0 Å². The molecule has 0 bridgehead atoms. The SMILES string of the molecule is Cc1ccc(Cl)cc1Oc1ccc(Cl)cc1. The van der Waals surface area contributed by atoms with Crippen molar-refractivity contribution >= 4 is 23.2 Å². The average molecular weight is 253 g/mol. The number of aryl methyl sites for hydroxylation is 1. The fraction of sp³-hybridized carbons (Fsp3) is 0.0769. The molecule has 0 saturated carbocycles. The van der Waals surface area contributed by atoms with Gasteiger partial charge in [-0.2, -0.15) is 0 Å². The van der Waals surface area contributed by atoms with Crippen LogP contribution in [0.4, 0.5) is 0 Å². The summed E-state index contributed by atoms with van der Waals surface area (Å²) in [7, 11) is 0. The molecule has 0 fully saturated rings. The van der Waals surface area contributed by atoms with Gasteiger partial charge in [0, 0.05) is 10.0 Å². The number of benzene rings is 2. The van der Waals surface area contributed by atoms with Gasteiger partial charge in [0.1, 0.15) is 11.5 Å². The first kappa shape index (κ1) is 11.3. The van der Waals surface area contributed by atoms with E-state index in [-0.39, 0.29) is 0 Å². The molecule has 0 heterocycles. The number of rotatable bonds is 2. The van der Waals surface area contributed by atoms with Crippen LogP contribution in [0.5, 0.6) is 11.5 Å². The Morgan fingerprint density at radius 3 is 2.19 bits per heavy atom. The molecule has 0 N–H and O–H groups in total. The minimum Gasteiger partial charge on any atom is -0.457 e. The van der Waals surface area contributed by atoms with Gasteiger partial charge in [-0.15, -0.1) is 0 Å². The van der Waals surface area contributed by atoms with Crippen molar-refractivity contribution in [2.75, 3.05) is 0 Å². The third-order valence-corrected chi connectivity index (χ3v) is 2.68. The lowest BCUT2D eigenvalue weighted by atomic mass is 10.2. The van der Waals surface area contributed by atoms with Gasteiger partial charge in [-0.25, -0.2) is 0 Å². The van der Waals surface area contributed by atoms with E-state index in [2.05, 4.69) is 0 Å². The Kier molecular flexibility index (Phi) is 3.37. The standard InChI is InChI=1S/C13H10Cl2O/c1-9-2-3-11(15)8-13(9)16-12-6-4-10(14)5-7-12/h2-8H,1H3. The lowest BCUT2D eigenvalue weighted by Crippen LogP contribution is -1.87.